The molecule has 3 rings (SSSR count). The molecule has 0 spiro atoms. The highest BCUT2D eigenvalue weighted by molar-refractivity contribution is 6.31. The Morgan fingerprint density at radius 3 is 2.35 bits per heavy atom. The molecule has 0 aliphatic heterocycles. The van der Waals surface area contributed by atoms with E-state index in [4.69, 9.17) is 11.6 Å². The van der Waals surface area contributed by atoms with E-state index in [9.17, 15) is 19.7 Å². The smallest absolute Gasteiger partial charge is 0.312 e. The first-order valence-corrected chi connectivity index (χ1v) is 9.69. The van der Waals surface area contributed by atoms with Gasteiger partial charge in [0.2, 0.25) is 5.91 Å². The van der Waals surface area contributed by atoms with Crippen LogP contribution in [-0.2, 0) is 11.3 Å². The minimum Gasteiger partial charge on any atom is -0.325 e. The highest BCUT2D eigenvalue weighted by atomic mass is 35.5. The third kappa shape index (κ3) is 5.07. The van der Waals surface area contributed by atoms with E-state index >= 15 is 0 Å². The molecule has 160 valence electrons. The molecule has 0 fully saturated rings. The number of nitro groups is 1. The van der Waals surface area contributed by atoms with E-state index in [0.717, 1.165) is 5.56 Å². The van der Waals surface area contributed by atoms with Crippen LogP contribution in [0, 0.1) is 24.0 Å². The number of rotatable bonds is 6. The summed E-state index contributed by atoms with van der Waals surface area (Å²) in [6.45, 7) is 4.96. The van der Waals surface area contributed by atoms with Crippen LogP contribution in [0.1, 0.15) is 34.2 Å². The van der Waals surface area contributed by atoms with Crippen LogP contribution >= 0.6 is 11.6 Å². The highest BCUT2D eigenvalue weighted by Gasteiger charge is 2.21. The maximum Gasteiger partial charge on any atom is 0.312 e. The molecule has 0 saturated carbocycles. The molecule has 0 bridgehead atoms. The summed E-state index contributed by atoms with van der Waals surface area (Å²) in [5, 5.41) is 21.2. The molecule has 3 aromatic rings. The number of hydrogen-bond donors (Lipinski definition) is 2. The number of anilines is 2. The Bertz CT molecular complexity index is 1170. The topological polar surface area (TPSA) is 119 Å². The molecule has 0 saturated heterocycles. The Morgan fingerprint density at radius 2 is 1.77 bits per heavy atom. The van der Waals surface area contributed by atoms with Crippen LogP contribution in [0.25, 0.3) is 0 Å². The average molecular weight is 442 g/mol. The molecule has 2 aromatic carbocycles. The molecule has 0 radical (unpaired) electrons. The predicted octanol–water partition coefficient (Wildman–Crippen LogP) is 4.32. The van der Waals surface area contributed by atoms with Gasteiger partial charge < -0.3 is 10.6 Å². The number of carbonyl (C=O) groups is 2. The van der Waals surface area contributed by atoms with Crippen molar-refractivity contribution in [3.05, 3.63) is 80.1 Å². The van der Waals surface area contributed by atoms with Crippen LogP contribution in [-0.4, -0.2) is 26.5 Å². The quantitative estimate of drug-likeness (QED) is 0.436. The summed E-state index contributed by atoms with van der Waals surface area (Å²) in [5.74, 6) is -0.645. The maximum absolute atomic E-state index is 12.7. The molecule has 10 heteroatoms. The van der Waals surface area contributed by atoms with Crippen LogP contribution in [0.5, 0.6) is 0 Å². The zero-order chi connectivity index (χ0) is 22.7. The van der Waals surface area contributed by atoms with Crippen molar-refractivity contribution in [2.45, 2.75) is 27.3 Å². The van der Waals surface area contributed by atoms with E-state index in [1.165, 1.54) is 6.92 Å². The highest BCUT2D eigenvalue weighted by Crippen LogP contribution is 2.27. The van der Waals surface area contributed by atoms with Gasteiger partial charge in [0.15, 0.2) is 0 Å². The Hall–Kier alpha value is -3.72. The summed E-state index contributed by atoms with van der Waals surface area (Å²) in [7, 11) is 0. The lowest BCUT2D eigenvalue weighted by Crippen LogP contribution is -2.15. The van der Waals surface area contributed by atoms with Gasteiger partial charge in [0, 0.05) is 17.5 Å². The van der Waals surface area contributed by atoms with Gasteiger partial charge in [0.25, 0.3) is 5.91 Å². The van der Waals surface area contributed by atoms with Gasteiger partial charge in [-0.25, -0.2) is 0 Å². The summed E-state index contributed by atoms with van der Waals surface area (Å²) in [6, 6.07) is 11.6. The summed E-state index contributed by atoms with van der Waals surface area (Å²) < 4.78 is 1.56. The maximum atomic E-state index is 12.7. The Balaban J connectivity index is 1.76. The van der Waals surface area contributed by atoms with Crippen molar-refractivity contribution in [2.24, 2.45) is 0 Å². The second kappa shape index (κ2) is 8.97. The van der Waals surface area contributed by atoms with Crippen LogP contribution in [0.3, 0.4) is 0 Å². The number of hydrogen-bond acceptors (Lipinski definition) is 5. The average Bonchev–Trinajstić information content (AvgIpc) is 2.97. The third-order valence-corrected chi connectivity index (χ3v) is 4.85. The fourth-order valence-corrected chi connectivity index (χ4v) is 3.33. The minimum atomic E-state index is -0.438. The van der Waals surface area contributed by atoms with Crippen molar-refractivity contribution in [2.75, 3.05) is 10.6 Å². The van der Waals surface area contributed by atoms with E-state index in [2.05, 4.69) is 15.7 Å². The lowest BCUT2D eigenvalue weighted by atomic mass is 10.1. The molecule has 0 aliphatic rings. The first-order chi connectivity index (χ1) is 14.7. The van der Waals surface area contributed by atoms with E-state index in [-0.39, 0.29) is 17.5 Å². The number of nitrogens with one attached hydrogen (secondary N) is 2. The van der Waals surface area contributed by atoms with Crippen molar-refractivity contribution >= 4 is 40.5 Å². The monoisotopic (exact) mass is 441 g/mol. The van der Waals surface area contributed by atoms with Crippen LogP contribution in [0.15, 0.2) is 42.5 Å². The number of carbonyl (C=O) groups excluding carboxylic acids is 2. The van der Waals surface area contributed by atoms with Crippen molar-refractivity contribution in [1.82, 2.24) is 9.78 Å². The zero-order valence-electron chi connectivity index (χ0n) is 17.1. The molecule has 0 atom stereocenters. The first kappa shape index (κ1) is 22.0. The van der Waals surface area contributed by atoms with Crippen molar-refractivity contribution in [3.8, 4) is 0 Å². The van der Waals surface area contributed by atoms with Crippen molar-refractivity contribution in [3.63, 3.8) is 0 Å². The SMILES string of the molecule is CC(=O)Nc1ccc(Cl)cc1NC(=O)c1ccc(Cn2nc(C)c([N+](=O)[O-])c2C)cc1. The van der Waals surface area contributed by atoms with Crippen molar-refractivity contribution in [1.29, 1.82) is 0 Å². The normalized spacial score (nSPS) is 10.6. The third-order valence-electron chi connectivity index (χ3n) is 4.61. The van der Waals surface area contributed by atoms with Gasteiger partial charge in [-0.3, -0.25) is 24.4 Å². The van der Waals surface area contributed by atoms with Gasteiger partial charge in [-0.1, -0.05) is 23.7 Å². The Kier molecular flexibility index (Phi) is 6.36. The molecule has 0 aliphatic carbocycles. The number of nitrogens with zero attached hydrogens (tertiary/aromatic N) is 3. The van der Waals surface area contributed by atoms with Crippen molar-refractivity contribution < 1.29 is 14.5 Å². The van der Waals surface area contributed by atoms with Gasteiger partial charge in [-0.2, -0.15) is 5.10 Å². The fraction of sp³-hybridized carbons (Fsp3) is 0.190. The van der Waals surface area contributed by atoms with Crippen LogP contribution in [0.2, 0.25) is 5.02 Å². The number of aromatic nitrogens is 2. The molecule has 9 nitrogen and oxygen atoms in total. The summed E-state index contributed by atoms with van der Waals surface area (Å²) in [6.07, 6.45) is 0. The summed E-state index contributed by atoms with van der Waals surface area (Å²) >= 11 is 6.01. The lowest BCUT2D eigenvalue weighted by Gasteiger charge is -2.12. The summed E-state index contributed by atoms with van der Waals surface area (Å²) in [5.41, 5.74) is 2.88. The molecule has 31 heavy (non-hydrogen) atoms. The van der Waals surface area contributed by atoms with Gasteiger partial charge in [-0.05, 0) is 49.7 Å². The van der Waals surface area contributed by atoms with E-state index in [1.54, 1.807) is 61.0 Å². The number of halogens is 1. The molecular weight excluding hydrogens is 422 g/mol. The zero-order valence-corrected chi connectivity index (χ0v) is 17.9. The minimum absolute atomic E-state index is 0.00694. The second-order valence-corrected chi connectivity index (χ2v) is 7.39. The molecule has 2 N–H and O–H groups in total. The van der Waals surface area contributed by atoms with Crippen LogP contribution < -0.4 is 10.6 Å². The molecule has 1 aromatic heterocycles. The Labute approximate surface area is 183 Å². The van der Waals surface area contributed by atoms with E-state index in [0.29, 0.717) is 39.9 Å². The number of aryl methyl sites for hydroxylation is 1. The van der Waals surface area contributed by atoms with E-state index in [1.807, 2.05) is 0 Å². The largest absolute Gasteiger partial charge is 0.325 e. The van der Waals surface area contributed by atoms with Gasteiger partial charge in [0.05, 0.1) is 22.8 Å². The fourth-order valence-electron chi connectivity index (χ4n) is 3.15. The molecular formula is C21H20ClN5O4. The Morgan fingerprint density at radius 1 is 1.10 bits per heavy atom. The number of benzene rings is 2. The molecule has 1 heterocycles. The predicted molar refractivity (Wildman–Crippen MR) is 118 cm³/mol. The van der Waals surface area contributed by atoms with E-state index < -0.39 is 4.92 Å². The summed E-state index contributed by atoms with van der Waals surface area (Å²) in [4.78, 5) is 34.7. The van der Waals surface area contributed by atoms with Crippen LogP contribution in [0.4, 0.5) is 17.1 Å². The van der Waals surface area contributed by atoms with Gasteiger partial charge in [-0.15, -0.1) is 0 Å². The number of amides is 2. The first-order valence-electron chi connectivity index (χ1n) is 9.31. The van der Waals surface area contributed by atoms with Gasteiger partial charge >= 0.3 is 5.69 Å². The lowest BCUT2D eigenvalue weighted by molar-refractivity contribution is -0.386. The molecule has 2 amide bonds. The molecule has 0 unspecified atom stereocenters. The van der Waals surface area contributed by atoms with Gasteiger partial charge in [0.1, 0.15) is 11.4 Å². The standard InChI is InChI=1S/C21H20ClN5O4/c1-12-20(27(30)31)13(2)26(25-12)11-15-4-6-16(7-5-15)21(29)24-19-10-17(22)8-9-18(19)23-14(3)28/h4-10H,11H2,1-3H3,(H,23,28)(H,24,29). The second-order valence-electron chi connectivity index (χ2n) is 6.96.